The Morgan fingerprint density at radius 3 is 2.84 bits per heavy atom. The van der Waals surface area contributed by atoms with Crippen LogP contribution in [0.3, 0.4) is 0 Å². The van der Waals surface area contributed by atoms with Crippen molar-refractivity contribution in [2.75, 3.05) is 20.1 Å². The minimum absolute atomic E-state index is 0.354. The number of nitrogens with zero attached hydrogens (tertiary/aromatic N) is 3. The second-order valence-corrected chi connectivity index (χ2v) is 5.50. The van der Waals surface area contributed by atoms with Crippen LogP contribution in [0.25, 0.3) is 11.4 Å². The number of likely N-dealkylation sites (N-methyl/N-ethyl adjacent to an activating group) is 1. The Hall–Kier alpha value is -1.39. The smallest absolute Gasteiger partial charge is 0.231 e. The van der Waals surface area contributed by atoms with Gasteiger partial charge in [0.15, 0.2) is 0 Å². The van der Waals surface area contributed by atoms with E-state index in [0.29, 0.717) is 16.8 Å². The Kier molecular flexibility index (Phi) is 3.53. The summed E-state index contributed by atoms with van der Waals surface area (Å²) in [5.74, 6) is 1.74. The fourth-order valence-corrected chi connectivity index (χ4v) is 2.61. The highest BCUT2D eigenvalue weighted by Crippen LogP contribution is 2.27. The highest BCUT2D eigenvalue weighted by atomic mass is 35.5. The van der Waals surface area contributed by atoms with E-state index in [2.05, 4.69) is 22.1 Å². The maximum absolute atomic E-state index is 5.87. The second-order valence-electron chi connectivity index (χ2n) is 5.06. The van der Waals surface area contributed by atoms with Gasteiger partial charge in [0.05, 0.1) is 5.92 Å². The summed E-state index contributed by atoms with van der Waals surface area (Å²) >= 11 is 5.87. The summed E-state index contributed by atoms with van der Waals surface area (Å²) in [6.07, 6.45) is 2.30. The second kappa shape index (κ2) is 5.31. The van der Waals surface area contributed by atoms with Crippen molar-refractivity contribution in [3.8, 4) is 11.4 Å². The molecule has 2 aromatic rings. The van der Waals surface area contributed by atoms with Crippen molar-refractivity contribution >= 4 is 11.6 Å². The van der Waals surface area contributed by atoms with Crippen LogP contribution in [0.2, 0.25) is 5.02 Å². The first kappa shape index (κ1) is 12.6. The van der Waals surface area contributed by atoms with Gasteiger partial charge in [-0.25, -0.2) is 0 Å². The van der Waals surface area contributed by atoms with Crippen LogP contribution in [0.15, 0.2) is 28.8 Å². The fraction of sp³-hybridized carbons (Fsp3) is 0.429. The molecule has 5 heteroatoms. The van der Waals surface area contributed by atoms with Gasteiger partial charge < -0.3 is 9.42 Å². The fourth-order valence-electron chi connectivity index (χ4n) is 2.49. The van der Waals surface area contributed by atoms with Crippen molar-refractivity contribution in [3.05, 3.63) is 35.2 Å². The third-order valence-corrected chi connectivity index (χ3v) is 3.77. The van der Waals surface area contributed by atoms with E-state index in [-0.39, 0.29) is 0 Å². The summed E-state index contributed by atoms with van der Waals surface area (Å²) in [4.78, 5) is 6.83. The quantitative estimate of drug-likeness (QED) is 0.845. The lowest BCUT2D eigenvalue weighted by atomic mass is 9.98. The van der Waals surface area contributed by atoms with E-state index in [1.165, 1.54) is 6.42 Å². The molecule has 1 aromatic carbocycles. The summed E-state index contributed by atoms with van der Waals surface area (Å²) in [5.41, 5.74) is 0.934. The zero-order chi connectivity index (χ0) is 13.2. The van der Waals surface area contributed by atoms with Gasteiger partial charge >= 0.3 is 0 Å². The van der Waals surface area contributed by atoms with Crippen LogP contribution in [-0.2, 0) is 0 Å². The van der Waals surface area contributed by atoms with Gasteiger partial charge in [-0.15, -0.1) is 0 Å². The average molecular weight is 278 g/mol. The molecule has 100 valence electrons. The van der Waals surface area contributed by atoms with Gasteiger partial charge in [0.1, 0.15) is 0 Å². The Morgan fingerprint density at radius 2 is 2.11 bits per heavy atom. The molecule has 0 N–H and O–H groups in total. The lowest BCUT2D eigenvalue weighted by Crippen LogP contribution is -2.30. The lowest BCUT2D eigenvalue weighted by molar-refractivity contribution is 0.220. The van der Waals surface area contributed by atoms with Gasteiger partial charge in [-0.1, -0.05) is 16.8 Å². The van der Waals surface area contributed by atoms with E-state index in [9.17, 15) is 0 Å². The van der Waals surface area contributed by atoms with E-state index in [4.69, 9.17) is 16.1 Å². The van der Waals surface area contributed by atoms with E-state index >= 15 is 0 Å². The maximum Gasteiger partial charge on any atom is 0.231 e. The van der Waals surface area contributed by atoms with Crippen molar-refractivity contribution in [3.63, 3.8) is 0 Å². The minimum atomic E-state index is 0.354. The van der Waals surface area contributed by atoms with E-state index in [0.717, 1.165) is 31.0 Å². The molecule has 3 rings (SSSR count). The highest BCUT2D eigenvalue weighted by Gasteiger charge is 2.24. The molecule has 0 bridgehead atoms. The molecule has 0 unspecified atom stereocenters. The van der Waals surface area contributed by atoms with E-state index < -0.39 is 0 Å². The third-order valence-electron chi connectivity index (χ3n) is 3.52. The molecule has 1 aliphatic rings. The number of rotatable bonds is 2. The summed E-state index contributed by atoms with van der Waals surface area (Å²) < 4.78 is 5.42. The van der Waals surface area contributed by atoms with Crippen molar-refractivity contribution in [2.24, 2.45) is 0 Å². The van der Waals surface area contributed by atoms with Gasteiger partial charge in [-0.05, 0) is 50.7 Å². The van der Waals surface area contributed by atoms with Crippen LogP contribution in [-0.4, -0.2) is 35.2 Å². The molecule has 0 amide bonds. The molecule has 1 fully saturated rings. The predicted molar refractivity (Wildman–Crippen MR) is 74.2 cm³/mol. The van der Waals surface area contributed by atoms with Gasteiger partial charge in [0.2, 0.25) is 11.7 Å². The number of hydrogen-bond donors (Lipinski definition) is 0. The van der Waals surface area contributed by atoms with Crippen LogP contribution in [0, 0.1) is 0 Å². The number of piperidine rings is 1. The molecule has 1 aliphatic heterocycles. The van der Waals surface area contributed by atoms with E-state index in [1.54, 1.807) is 0 Å². The van der Waals surface area contributed by atoms with Gasteiger partial charge in [0, 0.05) is 17.1 Å². The molecule has 0 radical (unpaired) electrons. The molecule has 2 heterocycles. The van der Waals surface area contributed by atoms with Gasteiger partial charge in [0.25, 0.3) is 0 Å². The minimum Gasteiger partial charge on any atom is -0.339 e. The molecular formula is C14H16ClN3O. The largest absolute Gasteiger partial charge is 0.339 e. The molecule has 1 atom stereocenters. The van der Waals surface area contributed by atoms with Crippen molar-refractivity contribution < 1.29 is 4.52 Å². The molecule has 19 heavy (non-hydrogen) atoms. The number of likely N-dealkylation sites (tertiary alicyclic amines) is 1. The number of aromatic nitrogens is 2. The molecule has 0 spiro atoms. The number of hydrogen-bond acceptors (Lipinski definition) is 4. The monoisotopic (exact) mass is 277 g/mol. The van der Waals surface area contributed by atoms with Crippen LogP contribution in [0.4, 0.5) is 0 Å². The van der Waals surface area contributed by atoms with Crippen LogP contribution < -0.4 is 0 Å². The summed E-state index contributed by atoms with van der Waals surface area (Å²) in [6.45, 7) is 2.14. The van der Waals surface area contributed by atoms with Crippen LogP contribution in [0.1, 0.15) is 24.7 Å². The Morgan fingerprint density at radius 1 is 1.32 bits per heavy atom. The van der Waals surface area contributed by atoms with Crippen molar-refractivity contribution in [1.29, 1.82) is 0 Å². The topological polar surface area (TPSA) is 42.2 Å². The Bertz CT molecular complexity index is 552. The molecule has 4 nitrogen and oxygen atoms in total. The molecule has 1 saturated heterocycles. The zero-order valence-corrected chi connectivity index (χ0v) is 11.6. The average Bonchev–Trinajstić information content (AvgIpc) is 2.89. The SMILES string of the molecule is CN1CCC[C@@H](c2nc(-c3ccc(Cl)cc3)no2)C1. The highest BCUT2D eigenvalue weighted by molar-refractivity contribution is 6.30. The van der Waals surface area contributed by atoms with Crippen LogP contribution >= 0.6 is 11.6 Å². The molecule has 0 saturated carbocycles. The Balaban J connectivity index is 1.81. The maximum atomic E-state index is 5.87. The van der Waals surface area contributed by atoms with Gasteiger partial charge in [-0.3, -0.25) is 0 Å². The standard InChI is InChI=1S/C14H16ClN3O/c1-18-8-2-3-11(9-18)14-16-13(17-19-14)10-4-6-12(15)7-5-10/h4-7,11H,2-3,8-9H2,1H3/t11-/m1/s1. The first-order valence-corrected chi connectivity index (χ1v) is 6.88. The van der Waals surface area contributed by atoms with Crippen molar-refractivity contribution in [2.45, 2.75) is 18.8 Å². The Labute approximate surface area is 117 Å². The first-order chi connectivity index (χ1) is 9.22. The molecule has 1 aromatic heterocycles. The number of benzene rings is 1. The summed E-state index contributed by atoms with van der Waals surface area (Å²) in [6, 6.07) is 7.48. The molecular weight excluding hydrogens is 262 g/mol. The summed E-state index contributed by atoms with van der Waals surface area (Å²) in [5, 5.41) is 4.78. The van der Waals surface area contributed by atoms with Crippen LogP contribution in [0.5, 0.6) is 0 Å². The predicted octanol–water partition coefficient (Wildman–Crippen LogP) is 3.20. The third kappa shape index (κ3) is 2.80. The van der Waals surface area contributed by atoms with Crippen molar-refractivity contribution in [1.82, 2.24) is 15.0 Å². The molecule has 0 aliphatic carbocycles. The van der Waals surface area contributed by atoms with Gasteiger partial charge in [-0.2, -0.15) is 4.98 Å². The first-order valence-electron chi connectivity index (χ1n) is 6.50. The zero-order valence-electron chi connectivity index (χ0n) is 10.8. The van der Waals surface area contributed by atoms with E-state index in [1.807, 2.05) is 24.3 Å². The normalized spacial score (nSPS) is 20.6. The number of halogens is 1. The lowest BCUT2D eigenvalue weighted by Gasteiger charge is -2.27. The summed E-state index contributed by atoms with van der Waals surface area (Å²) in [7, 11) is 2.13.